The van der Waals surface area contributed by atoms with E-state index in [1.807, 2.05) is 18.2 Å². The summed E-state index contributed by atoms with van der Waals surface area (Å²) < 4.78 is 0. The number of aryl methyl sites for hydroxylation is 1. The molecular formula is C10H13NO. The van der Waals surface area contributed by atoms with Gasteiger partial charge < -0.3 is 0 Å². The van der Waals surface area contributed by atoms with Gasteiger partial charge in [-0.1, -0.05) is 18.2 Å². The molecule has 0 atom stereocenters. The quantitative estimate of drug-likeness (QED) is 0.634. The van der Waals surface area contributed by atoms with Crippen molar-refractivity contribution in [1.29, 1.82) is 0 Å². The van der Waals surface area contributed by atoms with Gasteiger partial charge in [-0.25, -0.2) is 0 Å². The number of hydrogen-bond acceptors (Lipinski definition) is 2. The predicted octanol–water partition coefficient (Wildman–Crippen LogP) is 2.22. The third-order valence-electron chi connectivity index (χ3n) is 2.34. The Hall–Kier alpha value is -1.02. The van der Waals surface area contributed by atoms with Gasteiger partial charge in [-0.05, 0) is 30.9 Å². The molecule has 1 heterocycles. The highest BCUT2D eigenvalue weighted by atomic mass is 16.5. The highest BCUT2D eigenvalue weighted by molar-refractivity contribution is 5.51. The van der Waals surface area contributed by atoms with Crippen molar-refractivity contribution in [3.63, 3.8) is 0 Å². The average Bonchev–Trinajstić information content (AvgIpc) is 2.29. The molecule has 1 aromatic carbocycles. The lowest BCUT2D eigenvalue weighted by Crippen LogP contribution is -2.18. The Balaban J connectivity index is 2.39. The Bertz CT molecular complexity index is 272. The fourth-order valence-corrected chi connectivity index (χ4v) is 1.67. The monoisotopic (exact) mass is 163 g/mol. The van der Waals surface area contributed by atoms with Crippen LogP contribution in [-0.4, -0.2) is 11.8 Å². The van der Waals surface area contributed by atoms with Gasteiger partial charge >= 0.3 is 0 Å². The van der Waals surface area contributed by atoms with Gasteiger partial charge in [0.25, 0.3) is 0 Å². The van der Waals surface area contributed by atoms with Crippen LogP contribution in [0.3, 0.4) is 0 Å². The number of fused-ring (bicyclic) bond motifs is 1. The van der Waals surface area contributed by atoms with Crippen molar-refractivity contribution in [2.75, 3.05) is 11.6 Å². The summed E-state index contributed by atoms with van der Waals surface area (Å²) >= 11 is 0. The molecule has 0 fully saturated rings. The summed E-state index contributed by atoms with van der Waals surface area (Å²) in [6.45, 7) is 0.761. The van der Waals surface area contributed by atoms with Gasteiger partial charge in [0.2, 0.25) is 0 Å². The smallest absolute Gasteiger partial charge is 0.0666 e. The van der Waals surface area contributed by atoms with Gasteiger partial charge in [0.1, 0.15) is 0 Å². The third kappa shape index (κ3) is 1.30. The van der Waals surface area contributed by atoms with Gasteiger partial charge in [0, 0.05) is 6.54 Å². The molecule has 0 radical (unpaired) electrons. The van der Waals surface area contributed by atoms with E-state index in [-0.39, 0.29) is 0 Å². The minimum absolute atomic E-state index is 0.761. The molecule has 2 rings (SSSR count). The van der Waals surface area contributed by atoms with Gasteiger partial charge in [-0.3, -0.25) is 10.3 Å². The molecule has 0 saturated heterocycles. The summed E-state index contributed by atoms with van der Waals surface area (Å²) in [5, 5.41) is 10.9. The zero-order chi connectivity index (χ0) is 8.39. The summed E-state index contributed by atoms with van der Waals surface area (Å²) in [4.78, 5) is 0. The molecule has 1 N–H and O–H groups in total. The zero-order valence-corrected chi connectivity index (χ0v) is 7.03. The first kappa shape index (κ1) is 7.62. The molecule has 1 aliphatic rings. The van der Waals surface area contributed by atoms with Gasteiger partial charge in [0.05, 0.1) is 5.69 Å². The van der Waals surface area contributed by atoms with Gasteiger partial charge in [-0.15, -0.1) is 0 Å². The van der Waals surface area contributed by atoms with E-state index in [2.05, 4.69) is 6.07 Å². The molecule has 0 amide bonds. The standard InChI is InChI=1S/C10H13NO/c12-11-8-4-3-6-9-5-1-2-7-10(9)11/h1-2,5,7,12H,3-4,6,8H2. The second kappa shape index (κ2) is 3.15. The lowest BCUT2D eigenvalue weighted by atomic mass is 10.1. The topological polar surface area (TPSA) is 23.5 Å². The predicted molar refractivity (Wildman–Crippen MR) is 48.5 cm³/mol. The van der Waals surface area contributed by atoms with E-state index in [0.717, 1.165) is 25.1 Å². The number of benzene rings is 1. The van der Waals surface area contributed by atoms with Crippen LogP contribution in [-0.2, 0) is 6.42 Å². The fraction of sp³-hybridized carbons (Fsp3) is 0.400. The van der Waals surface area contributed by atoms with Crippen LogP contribution in [0.25, 0.3) is 0 Å². The fourth-order valence-electron chi connectivity index (χ4n) is 1.67. The summed E-state index contributed by atoms with van der Waals surface area (Å²) in [5.74, 6) is 0. The van der Waals surface area contributed by atoms with Crippen LogP contribution in [0.5, 0.6) is 0 Å². The van der Waals surface area contributed by atoms with Crippen LogP contribution in [0.15, 0.2) is 24.3 Å². The van der Waals surface area contributed by atoms with Crippen LogP contribution in [0.4, 0.5) is 5.69 Å². The minimum atomic E-state index is 0.761. The molecule has 0 aromatic heterocycles. The van der Waals surface area contributed by atoms with Crippen molar-refractivity contribution in [2.45, 2.75) is 19.3 Å². The Kier molecular flexibility index (Phi) is 2.00. The van der Waals surface area contributed by atoms with E-state index in [1.54, 1.807) is 0 Å². The molecule has 0 unspecified atom stereocenters. The maximum atomic E-state index is 9.57. The van der Waals surface area contributed by atoms with Crippen molar-refractivity contribution in [1.82, 2.24) is 0 Å². The molecule has 2 heteroatoms. The molecule has 2 nitrogen and oxygen atoms in total. The molecule has 0 aliphatic carbocycles. The van der Waals surface area contributed by atoms with Crippen molar-refractivity contribution >= 4 is 5.69 Å². The number of para-hydroxylation sites is 1. The lowest BCUT2D eigenvalue weighted by molar-refractivity contribution is 0.254. The normalized spacial score (nSPS) is 16.9. The van der Waals surface area contributed by atoms with E-state index in [9.17, 15) is 5.21 Å². The van der Waals surface area contributed by atoms with Crippen LogP contribution >= 0.6 is 0 Å². The van der Waals surface area contributed by atoms with Gasteiger partial charge in [0.15, 0.2) is 0 Å². The van der Waals surface area contributed by atoms with Crippen molar-refractivity contribution in [3.05, 3.63) is 29.8 Å². The summed E-state index contributed by atoms with van der Waals surface area (Å²) in [5.41, 5.74) is 2.24. The molecule has 0 saturated carbocycles. The summed E-state index contributed by atoms with van der Waals surface area (Å²) in [6, 6.07) is 8.05. The van der Waals surface area contributed by atoms with E-state index >= 15 is 0 Å². The number of nitrogens with zero attached hydrogens (tertiary/aromatic N) is 1. The molecule has 0 spiro atoms. The number of hydroxylamine groups is 1. The molecule has 64 valence electrons. The number of hydrogen-bond donors (Lipinski definition) is 1. The number of rotatable bonds is 0. The zero-order valence-electron chi connectivity index (χ0n) is 7.03. The average molecular weight is 163 g/mol. The number of anilines is 1. The Morgan fingerprint density at radius 2 is 2.00 bits per heavy atom. The van der Waals surface area contributed by atoms with Gasteiger partial charge in [-0.2, -0.15) is 0 Å². The Morgan fingerprint density at radius 3 is 2.92 bits per heavy atom. The second-order valence-electron chi connectivity index (χ2n) is 3.21. The van der Waals surface area contributed by atoms with Crippen LogP contribution < -0.4 is 5.06 Å². The Morgan fingerprint density at radius 1 is 1.17 bits per heavy atom. The highest BCUT2D eigenvalue weighted by Gasteiger charge is 2.11. The van der Waals surface area contributed by atoms with Crippen molar-refractivity contribution in [2.24, 2.45) is 0 Å². The van der Waals surface area contributed by atoms with E-state index in [0.29, 0.717) is 0 Å². The van der Waals surface area contributed by atoms with Crippen molar-refractivity contribution in [3.8, 4) is 0 Å². The van der Waals surface area contributed by atoms with E-state index in [4.69, 9.17) is 0 Å². The molecule has 1 aromatic rings. The van der Waals surface area contributed by atoms with Crippen molar-refractivity contribution < 1.29 is 5.21 Å². The largest absolute Gasteiger partial charge is 0.288 e. The Labute approximate surface area is 72.4 Å². The minimum Gasteiger partial charge on any atom is -0.288 e. The first-order valence-electron chi connectivity index (χ1n) is 4.42. The molecule has 12 heavy (non-hydrogen) atoms. The molecule has 1 aliphatic heterocycles. The third-order valence-corrected chi connectivity index (χ3v) is 2.34. The first-order valence-corrected chi connectivity index (χ1v) is 4.42. The van der Waals surface area contributed by atoms with Crippen LogP contribution in [0, 0.1) is 0 Å². The SMILES string of the molecule is ON1CCCCc2ccccc21. The first-order chi connectivity index (χ1) is 5.88. The van der Waals surface area contributed by atoms with Crippen LogP contribution in [0.1, 0.15) is 18.4 Å². The van der Waals surface area contributed by atoms with E-state index < -0.39 is 0 Å². The summed E-state index contributed by atoms with van der Waals surface area (Å²) in [7, 11) is 0. The maximum Gasteiger partial charge on any atom is 0.0666 e. The van der Waals surface area contributed by atoms with E-state index in [1.165, 1.54) is 17.0 Å². The lowest BCUT2D eigenvalue weighted by Gasteiger charge is -2.16. The maximum absolute atomic E-state index is 9.57. The second-order valence-corrected chi connectivity index (χ2v) is 3.21. The van der Waals surface area contributed by atoms with Crippen LogP contribution in [0.2, 0.25) is 0 Å². The summed E-state index contributed by atoms with van der Waals surface area (Å²) in [6.07, 6.45) is 3.34. The molecule has 0 bridgehead atoms. The molecular weight excluding hydrogens is 150 g/mol. The highest BCUT2D eigenvalue weighted by Crippen LogP contribution is 2.23.